The van der Waals surface area contributed by atoms with Gasteiger partial charge in [-0.25, -0.2) is 0 Å². The zero-order chi connectivity index (χ0) is 17.0. The lowest BCUT2D eigenvalue weighted by Crippen LogP contribution is -2.30. The minimum Gasteiger partial charge on any atom is -0.481 e. The SMILES string of the molecule is CSc1nnc(NC(=O)[C@@H](C)Oc2cc(C)ccc2C(C)C)s1. The number of carbonyl (C=O) groups is 1. The second-order valence-corrected chi connectivity index (χ2v) is 7.55. The molecule has 1 aromatic carbocycles. The molecule has 0 unspecified atom stereocenters. The zero-order valence-electron chi connectivity index (χ0n) is 13.9. The minimum atomic E-state index is -0.615. The first-order valence-corrected chi connectivity index (χ1v) is 9.40. The summed E-state index contributed by atoms with van der Waals surface area (Å²) >= 11 is 2.85. The Labute approximate surface area is 144 Å². The molecule has 0 bridgehead atoms. The van der Waals surface area contributed by atoms with Crippen molar-refractivity contribution in [1.29, 1.82) is 0 Å². The van der Waals surface area contributed by atoms with Crippen LogP contribution in [0.2, 0.25) is 0 Å². The quantitative estimate of drug-likeness (QED) is 0.627. The third kappa shape index (κ3) is 4.68. The van der Waals surface area contributed by atoms with Crippen LogP contribution in [-0.4, -0.2) is 28.5 Å². The Kier molecular flexibility index (Phi) is 6.01. The zero-order valence-corrected chi connectivity index (χ0v) is 15.5. The van der Waals surface area contributed by atoms with Crippen LogP contribution in [0.25, 0.3) is 0 Å². The molecular weight excluding hydrogens is 330 g/mol. The van der Waals surface area contributed by atoms with Crippen LogP contribution >= 0.6 is 23.1 Å². The third-order valence-electron chi connectivity index (χ3n) is 3.28. The topological polar surface area (TPSA) is 64.1 Å². The van der Waals surface area contributed by atoms with Crippen molar-refractivity contribution in [3.63, 3.8) is 0 Å². The number of hydrogen-bond acceptors (Lipinski definition) is 6. The normalized spacial score (nSPS) is 12.3. The van der Waals surface area contributed by atoms with Gasteiger partial charge in [0.15, 0.2) is 10.4 Å². The van der Waals surface area contributed by atoms with E-state index in [1.54, 1.807) is 6.92 Å². The molecule has 1 amide bonds. The Morgan fingerprint density at radius 2 is 2.04 bits per heavy atom. The Morgan fingerprint density at radius 1 is 1.30 bits per heavy atom. The maximum Gasteiger partial charge on any atom is 0.266 e. The molecule has 0 radical (unpaired) electrons. The number of ether oxygens (including phenoxy) is 1. The van der Waals surface area contributed by atoms with Crippen molar-refractivity contribution in [2.75, 3.05) is 11.6 Å². The summed E-state index contributed by atoms with van der Waals surface area (Å²) in [6.07, 6.45) is 1.30. The van der Waals surface area contributed by atoms with E-state index in [0.717, 1.165) is 21.2 Å². The number of rotatable bonds is 6. The highest BCUT2D eigenvalue weighted by atomic mass is 32.2. The Balaban J connectivity index is 2.07. The van der Waals surface area contributed by atoms with Gasteiger partial charge in [0.05, 0.1) is 0 Å². The van der Waals surface area contributed by atoms with Crippen molar-refractivity contribution in [2.45, 2.75) is 44.1 Å². The largest absolute Gasteiger partial charge is 0.481 e. The molecule has 2 aromatic rings. The van der Waals surface area contributed by atoms with Gasteiger partial charge in [0.1, 0.15) is 5.75 Å². The Hall–Kier alpha value is -1.60. The summed E-state index contributed by atoms with van der Waals surface area (Å²) < 4.78 is 6.71. The predicted octanol–water partition coefficient (Wildman–Crippen LogP) is 4.10. The van der Waals surface area contributed by atoms with Gasteiger partial charge in [-0.05, 0) is 43.2 Å². The molecule has 0 aliphatic rings. The predicted molar refractivity (Wildman–Crippen MR) is 95.7 cm³/mol. The van der Waals surface area contributed by atoms with Crippen LogP contribution < -0.4 is 10.1 Å². The first-order chi connectivity index (χ1) is 10.9. The molecular formula is C16H21N3O2S2. The van der Waals surface area contributed by atoms with Crippen LogP contribution in [0.15, 0.2) is 22.5 Å². The first kappa shape index (κ1) is 17.7. The smallest absolute Gasteiger partial charge is 0.266 e. The summed E-state index contributed by atoms with van der Waals surface area (Å²) in [6, 6.07) is 6.07. The molecule has 0 fully saturated rings. The van der Waals surface area contributed by atoms with Crippen molar-refractivity contribution < 1.29 is 9.53 Å². The van der Waals surface area contributed by atoms with E-state index in [9.17, 15) is 4.79 Å². The van der Waals surface area contributed by atoms with Gasteiger partial charge in [-0.1, -0.05) is 49.1 Å². The fourth-order valence-corrected chi connectivity index (χ4v) is 3.19. The van der Waals surface area contributed by atoms with E-state index in [0.29, 0.717) is 11.0 Å². The molecule has 0 aliphatic carbocycles. The summed E-state index contributed by atoms with van der Waals surface area (Å²) in [5, 5.41) is 11.1. The van der Waals surface area contributed by atoms with E-state index in [-0.39, 0.29) is 5.91 Å². The molecule has 1 aromatic heterocycles. The second kappa shape index (κ2) is 7.79. The number of thioether (sulfide) groups is 1. The molecule has 0 saturated heterocycles. The molecule has 1 atom stereocenters. The van der Waals surface area contributed by atoms with Gasteiger partial charge in [-0.15, -0.1) is 10.2 Å². The van der Waals surface area contributed by atoms with Gasteiger partial charge in [-0.2, -0.15) is 0 Å². The second-order valence-electron chi connectivity index (χ2n) is 5.52. The van der Waals surface area contributed by atoms with Crippen LogP contribution in [0, 0.1) is 6.92 Å². The standard InChI is InChI=1S/C16H21N3O2S2/c1-9(2)12-7-6-10(3)8-13(12)21-11(4)14(20)17-15-18-19-16(22-5)23-15/h6-9,11H,1-5H3,(H,17,18,20)/t11-/m1/s1. The van der Waals surface area contributed by atoms with Crippen molar-refractivity contribution in [3.05, 3.63) is 29.3 Å². The monoisotopic (exact) mass is 351 g/mol. The maximum atomic E-state index is 12.3. The van der Waals surface area contributed by atoms with Crippen molar-refractivity contribution in [3.8, 4) is 5.75 Å². The fraction of sp³-hybridized carbons (Fsp3) is 0.438. The lowest BCUT2D eigenvalue weighted by atomic mass is 10.0. The van der Waals surface area contributed by atoms with Gasteiger partial charge in [-0.3, -0.25) is 10.1 Å². The average molecular weight is 351 g/mol. The lowest BCUT2D eigenvalue weighted by Gasteiger charge is -2.18. The summed E-state index contributed by atoms with van der Waals surface area (Å²) in [7, 11) is 0. The molecule has 2 rings (SSSR count). The van der Waals surface area contributed by atoms with Crippen LogP contribution in [-0.2, 0) is 4.79 Å². The number of nitrogens with zero attached hydrogens (tertiary/aromatic N) is 2. The number of anilines is 1. The highest BCUT2D eigenvalue weighted by Crippen LogP contribution is 2.29. The van der Waals surface area contributed by atoms with Crippen molar-refractivity contribution in [2.24, 2.45) is 0 Å². The Bertz CT molecular complexity index is 686. The van der Waals surface area contributed by atoms with Gasteiger partial charge >= 0.3 is 0 Å². The highest BCUT2D eigenvalue weighted by molar-refractivity contribution is 8.00. The van der Waals surface area contributed by atoms with Crippen molar-refractivity contribution in [1.82, 2.24) is 10.2 Å². The Morgan fingerprint density at radius 3 is 2.65 bits per heavy atom. The highest BCUT2D eigenvalue weighted by Gasteiger charge is 2.19. The van der Waals surface area contributed by atoms with E-state index in [1.807, 2.05) is 19.2 Å². The van der Waals surface area contributed by atoms with E-state index < -0.39 is 6.10 Å². The van der Waals surface area contributed by atoms with Crippen LogP contribution in [0.3, 0.4) is 0 Å². The van der Waals surface area contributed by atoms with Crippen molar-refractivity contribution >= 4 is 34.1 Å². The minimum absolute atomic E-state index is 0.231. The molecule has 1 N–H and O–H groups in total. The number of aryl methyl sites for hydroxylation is 1. The summed E-state index contributed by atoms with van der Waals surface area (Å²) in [6.45, 7) is 7.95. The van der Waals surface area contributed by atoms with Gasteiger partial charge in [0, 0.05) is 0 Å². The molecule has 1 heterocycles. The average Bonchev–Trinajstić information content (AvgIpc) is 2.94. The molecule has 7 heteroatoms. The molecule has 124 valence electrons. The summed E-state index contributed by atoms with van der Waals surface area (Å²) in [5.74, 6) is 0.850. The van der Waals surface area contributed by atoms with Gasteiger partial charge in [0.2, 0.25) is 5.13 Å². The third-order valence-corrected chi connectivity index (χ3v) is 5.09. The number of hydrogen-bond donors (Lipinski definition) is 1. The number of carbonyl (C=O) groups excluding carboxylic acids is 1. The van der Waals surface area contributed by atoms with Crippen LogP contribution in [0.5, 0.6) is 5.75 Å². The van der Waals surface area contributed by atoms with Gasteiger partial charge in [0.25, 0.3) is 5.91 Å². The maximum absolute atomic E-state index is 12.3. The number of benzene rings is 1. The molecule has 0 saturated carbocycles. The molecule has 5 nitrogen and oxygen atoms in total. The van der Waals surface area contributed by atoms with Crippen LogP contribution in [0.4, 0.5) is 5.13 Å². The number of aromatic nitrogens is 2. The van der Waals surface area contributed by atoms with Gasteiger partial charge < -0.3 is 4.74 Å². The van der Waals surface area contributed by atoms with E-state index in [2.05, 4.69) is 41.5 Å². The van der Waals surface area contributed by atoms with Crippen LogP contribution in [0.1, 0.15) is 37.8 Å². The molecule has 23 heavy (non-hydrogen) atoms. The lowest BCUT2D eigenvalue weighted by molar-refractivity contribution is -0.122. The summed E-state index contributed by atoms with van der Waals surface area (Å²) in [5.41, 5.74) is 2.20. The fourth-order valence-electron chi connectivity index (χ4n) is 2.01. The number of amides is 1. The van der Waals surface area contributed by atoms with E-state index in [4.69, 9.17) is 4.74 Å². The van der Waals surface area contributed by atoms with E-state index >= 15 is 0 Å². The van der Waals surface area contributed by atoms with E-state index in [1.165, 1.54) is 23.1 Å². The first-order valence-electron chi connectivity index (χ1n) is 7.36. The number of nitrogens with one attached hydrogen (secondary N) is 1. The molecule has 0 aliphatic heterocycles. The summed E-state index contributed by atoms with van der Waals surface area (Å²) in [4.78, 5) is 12.3. The molecule has 0 spiro atoms.